The summed E-state index contributed by atoms with van der Waals surface area (Å²) in [5.74, 6) is -0.291. The minimum Gasteiger partial charge on any atom is -0.480 e. The maximum Gasteiger partial charge on any atom is 0.326 e. The van der Waals surface area contributed by atoms with Crippen molar-refractivity contribution in [3.05, 3.63) is 0 Å². The smallest absolute Gasteiger partial charge is 0.326 e. The minimum atomic E-state index is -0.822. The van der Waals surface area contributed by atoms with Crippen LogP contribution in [-0.4, -0.2) is 46.7 Å². The summed E-state index contributed by atoms with van der Waals surface area (Å²) < 4.78 is 5.76. The summed E-state index contributed by atoms with van der Waals surface area (Å²) in [5, 5.41) is 9.53. The van der Waals surface area contributed by atoms with E-state index in [0.29, 0.717) is 12.5 Å². The van der Waals surface area contributed by atoms with Gasteiger partial charge in [-0.05, 0) is 43.9 Å². The molecule has 3 aliphatic heterocycles. The highest BCUT2D eigenvalue weighted by Gasteiger charge is 2.53. The molecule has 0 spiro atoms. The lowest BCUT2D eigenvalue weighted by molar-refractivity contribution is -0.152. The van der Waals surface area contributed by atoms with Crippen LogP contribution in [0.1, 0.15) is 38.5 Å². The topological polar surface area (TPSA) is 66.8 Å². The zero-order valence-electron chi connectivity index (χ0n) is 11.5. The summed E-state index contributed by atoms with van der Waals surface area (Å²) in [6.45, 7) is 0.647. The zero-order valence-corrected chi connectivity index (χ0v) is 11.5. The van der Waals surface area contributed by atoms with Crippen molar-refractivity contribution in [2.45, 2.75) is 56.8 Å². The van der Waals surface area contributed by atoms with E-state index in [1.54, 1.807) is 4.90 Å². The number of fused-ring (bicyclic) bond motifs is 3. The summed E-state index contributed by atoms with van der Waals surface area (Å²) in [6.07, 6.45) is 6.23. The number of aliphatic carboxylic acids is 1. The Morgan fingerprint density at radius 3 is 2.65 bits per heavy atom. The highest BCUT2D eigenvalue weighted by molar-refractivity contribution is 5.86. The molecule has 3 heterocycles. The summed E-state index contributed by atoms with van der Waals surface area (Å²) in [6, 6.07) is -0.589. The van der Waals surface area contributed by atoms with Gasteiger partial charge in [-0.2, -0.15) is 0 Å². The molecule has 4 fully saturated rings. The zero-order chi connectivity index (χ0) is 13.9. The van der Waals surface area contributed by atoms with Crippen LogP contribution >= 0.6 is 0 Å². The molecule has 2 bridgehead atoms. The van der Waals surface area contributed by atoms with Gasteiger partial charge in [0, 0.05) is 6.54 Å². The Hall–Kier alpha value is -1.10. The fourth-order valence-corrected chi connectivity index (χ4v) is 4.96. The van der Waals surface area contributed by atoms with Gasteiger partial charge in [0.25, 0.3) is 0 Å². The second-order valence-electron chi connectivity index (χ2n) is 6.84. The second-order valence-corrected chi connectivity index (χ2v) is 6.84. The van der Waals surface area contributed by atoms with E-state index in [-0.39, 0.29) is 30.0 Å². The SMILES string of the molecule is O=C(O)C1C2CCCC2CN1C(=O)C1CC2CCC1O2. The predicted octanol–water partition coefficient (Wildman–Crippen LogP) is 1.27. The van der Waals surface area contributed by atoms with E-state index in [0.717, 1.165) is 38.5 Å². The summed E-state index contributed by atoms with van der Waals surface area (Å²) in [7, 11) is 0. The lowest BCUT2D eigenvalue weighted by Gasteiger charge is -2.29. The molecular formula is C15H21NO4. The number of likely N-dealkylation sites (tertiary alicyclic amines) is 1. The van der Waals surface area contributed by atoms with Gasteiger partial charge < -0.3 is 14.7 Å². The Labute approximate surface area is 118 Å². The molecule has 3 saturated heterocycles. The van der Waals surface area contributed by atoms with Crippen LogP contribution < -0.4 is 0 Å². The van der Waals surface area contributed by atoms with Crippen LogP contribution in [0.3, 0.4) is 0 Å². The van der Waals surface area contributed by atoms with Crippen LogP contribution in [0.4, 0.5) is 0 Å². The Morgan fingerprint density at radius 2 is 2.00 bits per heavy atom. The van der Waals surface area contributed by atoms with Crippen LogP contribution in [-0.2, 0) is 14.3 Å². The molecule has 1 N–H and O–H groups in total. The van der Waals surface area contributed by atoms with E-state index in [4.69, 9.17) is 4.74 Å². The lowest BCUT2D eigenvalue weighted by Crippen LogP contribution is -2.47. The van der Waals surface area contributed by atoms with E-state index in [1.165, 1.54) is 0 Å². The first-order valence-electron chi connectivity index (χ1n) is 7.84. The van der Waals surface area contributed by atoms with Gasteiger partial charge in [-0.15, -0.1) is 0 Å². The number of carbonyl (C=O) groups is 2. The molecule has 1 amide bonds. The van der Waals surface area contributed by atoms with Gasteiger partial charge in [0.1, 0.15) is 6.04 Å². The van der Waals surface area contributed by atoms with E-state index in [9.17, 15) is 14.7 Å². The van der Waals surface area contributed by atoms with E-state index in [2.05, 4.69) is 0 Å². The summed E-state index contributed by atoms with van der Waals surface area (Å²) in [5.41, 5.74) is 0. The van der Waals surface area contributed by atoms with Crippen molar-refractivity contribution in [1.82, 2.24) is 4.90 Å². The van der Waals surface area contributed by atoms with E-state index < -0.39 is 12.0 Å². The number of carbonyl (C=O) groups excluding carboxylic acids is 1. The monoisotopic (exact) mass is 279 g/mol. The van der Waals surface area contributed by atoms with Crippen molar-refractivity contribution in [2.75, 3.05) is 6.54 Å². The number of rotatable bonds is 2. The van der Waals surface area contributed by atoms with Gasteiger partial charge in [0.15, 0.2) is 0 Å². The number of carboxylic acids is 1. The third-order valence-electron chi connectivity index (χ3n) is 5.85. The summed E-state index contributed by atoms with van der Waals surface area (Å²) >= 11 is 0. The van der Waals surface area contributed by atoms with Crippen LogP contribution in [0.2, 0.25) is 0 Å². The molecule has 5 nitrogen and oxygen atoms in total. The molecule has 110 valence electrons. The Bertz CT molecular complexity index is 451. The molecule has 0 aromatic heterocycles. The number of hydrogen-bond acceptors (Lipinski definition) is 3. The number of hydrogen-bond donors (Lipinski definition) is 1. The molecule has 0 aromatic carbocycles. The highest BCUT2D eigenvalue weighted by atomic mass is 16.5. The maximum absolute atomic E-state index is 12.8. The molecular weight excluding hydrogens is 258 g/mol. The quantitative estimate of drug-likeness (QED) is 0.826. The minimum absolute atomic E-state index is 0.0407. The normalized spacial score (nSPS) is 45.9. The molecule has 6 atom stereocenters. The average Bonchev–Trinajstić information content (AvgIpc) is 3.15. The van der Waals surface area contributed by atoms with E-state index in [1.807, 2.05) is 0 Å². The van der Waals surface area contributed by atoms with Crippen molar-refractivity contribution >= 4 is 11.9 Å². The van der Waals surface area contributed by atoms with Gasteiger partial charge in [-0.3, -0.25) is 4.79 Å². The lowest BCUT2D eigenvalue weighted by atomic mass is 9.87. The third-order valence-corrected chi connectivity index (χ3v) is 5.85. The molecule has 20 heavy (non-hydrogen) atoms. The Kier molecular flexibility index (Phi) is 2.81. The van der Waals surface area contributed by atoms with Gasteiger partial charge in [-0.25, -0.2) is 4.79 Å². The van der Waals surface area contributed by atoms with Crippen molar-refractivity contribution in [3.8, 4) is 0 Å². The molecule has 1 saturated carbocycles. The van der Waals surface area contributed by atoms with Gasteiger partial charge in [0.05, 0.1) is 18.1 Å². The standard InChI is InChI=1S/C15H21NO4/c17-14(11-6-9-4-5-12(11)20-9)16-7-8-2-1-3-10(8)13(16)15(18)19/h8-13H,1-7H2,(H,18,19). The second kappa shape index (κ2) is 4.45. The van der Waals surface area contributed by atoms with Crippen LogP contribution in [0.15, 0.2) is 0 Å². The predicted molar refractivity (Wildman–Crippen MR) is 70.0 cm³/mol. The maximum atomic E-state index is 12.8. The third kappa shape index (κ3) is 1.72. The summed E-state index contributed by atoms with van der Waals surface area (Å²) in [4.78, 5) is 26.0. The van der Waals surface area contributed by atoms with Crippen LogP contribution in [0.5, 0.6) is 0 Å². The number of amides is 1. The highest BCUT2D eigenvalue weighted by Crippen LogP contribution is 2.45. The van der Waals surface area contributed by atoms with Crippen LogP contribution in [0, 0.1) is 17.8 Å². The molecule has 5 heteroatoms. The molecule has 4 rings (SSSR count). The Balaban J connectivity index is 1.55. The molecule has 4 aliphatic rings. The van der Waals surface area contributed by atoms with Crippen molar-refractivity contribution in [3.63, 3.8) is 0 Å². The van der Waals surface area contributed by atoms with Crippen molar-refractivity contribution in [2.24, 2.45) is 17.8 Å². The molecule has 0 radical (unpaired) electrons. The van der Waals surface area contributed by atoms with Gasteiger partial charge >= 0.3 is 5.97 Å². The fraction of sp³-hybridized carbons (Fsp3) is 0.867. The Morgan fingerprint density at radius 1 is 1.15 bits per heavy atom. The first-order valence-corrected chi connectivity index (χ1v) is 7.84. The molecule has 1 aliphatic carbocycles. The average molecular weight is 279 g/mol. The van der Waals surface area contributed by atoms with E-state index >= 15 is 0 Å². The number of ether oxygens (including phenoxy) is 1. The van der Waals surface area contributed by atoms with Crippen molar-refractivity contribution < 1.29 is 19.4 Å². The largest absolute Gasteiger partial charge is 0.480 e. The molecule has 6 unspecified atom stereocenters. The fourth-order valence-electron chi connectivity index (χ4n) is 4.96. The number of carboxylic acid groups (broad SMARTS) is 1. The van der Waals surface area contributed by atoms with Crippen LogP contribution in [0.25, 0.3) is 0 Å². The number of nitrogens with zero attached hydrogens (tertiary/aromatic N) is 1. The first kappa shape index (κ1) is 12.6. The molecule has 0 aromatic rings. The van der Waals surface area contributed by atoms with Crippen molar-refractivity contribution in [1.29, 1.82) is 0 Å². The van der Waals surface area contributed by atoms with Gasteiger partial charge in [0.2, 0.25) is 5.91 Å². The first-order chi connectivity index (χ1) is 9.65. The van der Waals surface area contributed by atoms with Gasteiger partial charge in [-0.1, -0.05) is 6.42 Å².